The molecule has 2 amide bonds. The molecular formula is C29H34F2N6O5S. The van der Waals surface area contributed by atoms with Crippen LogP contribution in [-0.2, 0) is 19.1 Å². The zero-order valence-electron chi connectivity index (χ0n) is 24.4. The highest BCUT2D eigenvalue weighted by Gasteiger charge is 2.41. The molecule has 3 heterocycles. The van der Waals surface area contributed by atoms with Gasteiger partial charge < -0.3 is 24.6 Å². The second-order valence-electron chi connectivity index (χ2n) is 10.6. The predicted molar refractivity (Wildman–Crippen MR) is 154 cm³/mol. The summed E-state index contributed by atoms with van der Waals surface area (Å²) in [5.41, 5.74) is 0.741. The molecule has 1 saturated heterocycles. The fourth-order valence-electron chi connectivity index (χ4n) is 5.57. The average Bonchev–Trinajstić information content (AvgIpc) is 3.70. The van der Waals surface area contributed by atoms with Crippen molar-refractivity contribution in [2.75, 3.05) is 46.9 Å². The van der Waals surface area contributed by atoms with Gasteiger partial charge >= 0.3 is 18.0 Å². The van der Waals surface area contributed by atoms with Gasteiger partial charge in [-0.1, -0.05) is 6.07 Å². The van der Waals surface area contributed by atoms with Gasteiger partial charge in [-0.15, -0.1) is 11.3 Å². The molecule has 0 unspecified atom stereocenters. The number of carbonyl (C=O) groups is 3. The third-order valence-corrected chi connectivity index (χ3v) is 8.79. The minimum absolute atomic E-state index is 0.00518. The molecule has 230 valence electrons. The molecule has 1 aromatic carbocycles. The van der Waals surface area contributed by atoms with Crippen LogP contribution in [0.3, 0.4) is 0 Å². The number of thiazole rings is 1. The van der Waals surface area contributed by atoms with Crippen molar-refractivity contribution in [3.05, 3.63) is 62.7 Å². The molecule has 2 aromatic rings. The highest BCUT2D eigenvalue weighted by Crippen LogP contribution is 2.36. The number of benzene rings is 1. The summed E-state index contributed by atoms with van der Waals surface area (Å²) in [5, 5.41) is 5.49. The van der Waals surface area contributed by atoms with E-state index in [1.54, 1.807) is 16.5 Å². The molecule has 3 aliphatic rings. The Kier molecular flexibility index (Phi) is 9.06. The first kappa shape index (κ1) is 30.5. The second kappa shape index (κ2) is 12.8. The normalized spacial score (nSPS) is 20.8. The van der Waals surface area contributed by atoms with Crippen molar-refractivity contribution in [1.82, 2.24) is 25.0 Å². The van der Waals surface area contributed by atoms with Crippen molar-refractivity contribution < 1.29 is 32.6 Å². The van der Waals surface area contributed by atoms with Gasteiger partial charge in [0.2, 0.25) is 0 Å². The van der Waals surface area contributed by atoms with Crippen LogP contribution >= 0.6 is 11.3 Å². The Bertz CT molecular complexity index is 1460. The number of halogens is 2. The number of amides is 2. The fraction of sp³-hybridized carbons (Fsp3) is 0.483. The Hall–Kier alpha value is -3.91. The first-order valence-electron chi connectivity index (χ1n) is 14.1. The smallest absolute Gasteiger partial charge is 0.338 e. The third-order valence-electron chi connectivity index (χ3n) is 8.01. The molecule has 43 heavy (non-hydrogen) atoms. The van der Waals surface area contributed by atoms with E-state index in [1.807, 2.05) is 16.7 Å². The molecule has 2 fully saturated rings. The first-order valence-corrected chi connectivity index (χ1v) is 14.9. The van der Waals surface area contributed by atoms with Crippen LogP contribution in [0.4, 0.5) is 13.6 Å². The van der Waals surface area contributed by atoms with Gasteiger partial charge in [0.25, 0.3) is 0 Å². The molecule has 11 nitrogen and oxygen atoms in total. The number of ether oxygens (including phenoxy) is 2. The standard InChI is InChI=1S/C29H34F2N6O5S/c1-5-37(17-6-7-17)29(40)36-12-11-35(21(15-36)27(38)41-3)14-20-22(28(39)42-4)24(18-8-9-19(30)23(31)16(18)2)34-25(33-20)26-32-10-13-43-26/h8-10,13,17,21,24H,5-7,11-12,14-15H2,1-4H3,(H,33,34)/t21-,24-/m0/s1. The molecule has 2 aliphatic heterocycles. The second-order valence-corrected chi connectivity index (χ2v) is 11.5. The highest BCUT2D eigenvalue weighted by molar-refractivity contribution is 7.11. The first-order chi connectivity index (χ1) is 20.7. The molecule has 14 heteroatoms. The van der Waals surface area contributed by atoms with Crippen molar-refractivity contribution in [3.8, 4) is 0 Å². The molecular weight excluding hydrogens is 582 g/mol. The minimum atomic E-state index is -1.05. The van der Waals surface area contributed by atoms with Crippen molar-refractivity contribution in [2.24, 2.45) is 4.99 Å². The maximum atomic E-state index is 14.7. The van der Waals surface area contributed by atoms with Gasteiger partial charge in [-0.3, -0.25) is 14.7 Å². The lowest BCUT2D eigenvalue weighted by molar-refractivity contribution is -0.148. The summed E-state index contributed by atoms with van der Waals surface area (Å²) in [5.74, 6) is -2.96. The minimum Gasteiger partial charge on any atom is -0.468 e. The van der Waals surface area contributed by atoms with Crippen molar-refractivity contribution in [2.45, 2.75) is 44.8 Å². The van der Waals surface area contributed by atoms with Crippen LogP contribution < -0.4 is 5.32 Å². The van der Waals surface area contributed by atoms with Gasteiger partial charge in [0.05, 0.1) is 19.8 Å². The number of nitrogens with zero attached hydrogens (tertiary/aromatic N) is 5. The topological polar surface area (TPSA) is 117 Å². The summed E-state index contributed by atoms with van der Waals surface area (Å²) >= 11 is 1.31. The van der Waals surface area contributed by atoms with E-state index in [1.165, 1.54) is 38.5 Å². The van der Waals surface area contributed by atoms with E-state index in [-0.39, 0.29) is 41.9 Å². The molecule has 5 rings (SSSR count). The van der Waals surface area contributed by atoms with Crippen molar-refractivity contribution in [3.63, 3.8) is 0 Å². The maximum absolute atomic E-state index is 14.7. The zero-order chi connectivity index (χ0) is 30.8. The lowest BCUT2D eigenvalue weighted by Gasteiger charge is -2.42. The van der Waals surface area contributed by atoms with E-state index in [0.29, 0.717) is 36.2 Å². The quantitative estimate of drug-likeness (QED) is 0.450. The molecule has 1 aromatic heterocycles. The Balaban J connectivity index is 1.52. The van der Waals surface area contributed by atoms with Crippen LogP contribution in [0.15, 0.2) is 40.0 Å². The number of methoxy groups -OCH3 is 2. The number of amidine groups is 1. The van der Waals surface area contributed by atoms with Crippen LogP contribution in [-0.4, -0.2) is 103 Å². The monoisotopic (exact) mass is 616 g/mol. The average molecular weight is 617 g/mol. The number of carbonyl (C=O) groups excluding carboxylic acids is 3. The maximum Gasteiger partial charge on any atom is 0.338 e. The number of piperazine rings is 1. The molecule has 1 N–H and O–H groups in total. The predicted octanol–water partition coefficient (Wildman–Crippen LogP) is 3.01. The van der Waals surface area contributed by atoms with Gasteiger partial charge in [-0.2, -0.15) is 0 Å². The van der Waals surface area contributed by atoms with E-state index in [9.17, 15) is 23.2 Å². The van der Waals surface area contributed by atoms with E-state index in [4.69, 9.17) is 14.5 Å². The number of hydrogen-bond acceptors (Lipinski definition) is 10. The number of esters is 2. The van der Waals surface area contributed by atoms with E-state index < -0.39 is 35.7 Å². The third kappa shape index (κ3) is 6.11. The Labute approximate surface area is 252 Å². The summed E-state index contributed by atoms with van der Waals surface area (Å²) < 4.78 is 39.1. The summed E-state index contributed by atoms with van der Waals surface area (Å²) in [6, 6.07) is 0.641. The number of nitrogens with one attached hydrogen (secondary N) is 1. The highest BCUT2D eigenvalue weighted by atomic mass is 32.1. The van der Waals surface area contributed by atoms with Crippen LogP contribution in [0.2, 0.25) is 0 Å². The van der Waals surface area contributed by atoms with E-state index in [0.717, 1.165) is 18.9 Å². The molecule has 1 aliphatic carbocycles. The number of hydrogen-bond donors (Lipinski definition) is 1. The van der Waals surface area contributed by atoms with Gasteiger partial charge in [0, 0.05) is 56.0 Å². The van der Waals surface area contributed by atoms with Crippen molar-refractivity contribution in [1.29, 1.82) is 0 Å². The number of urea groups is 1. The molecule has 0 bridgehead atoms. The summed E-state index contributed by atoms with van der Waals surface area (Å²) in [6.07, 6.45) is 3.54. The van der Waals surface area contributed by atoms with Crippen molar-refractivity contribution >= 4 is 35.1 Å². The fourth-order valence-corrected chi connectivity index (χ4v) is 6.16. The Morgan fingerprint density at radius 3 is 2.56 bits per heavy atom. The largest absolute Gasteiger partial charge is 0.468 e. The zero-order valence-corrected chi connectivity index (χ0v) is 25.2. The molecule has 2 atom stereocenters. The number of aromatic nitrogens is 1. The van der Waals surface area contributed by atoms with Crippen LogP contribution in [0.1, 0.15) is 41.9 Å². The van der Waals surface area contributed by atoms with E-state index in [2.05, 4.69) is 10.3 Å². The SMILES string of the molecule is CCN(C(=O)N1CCN(CC2=C(C(=O)OC)[C@H](c3ccc(F)c(F)c3C)N=C(c3nccs3)N2)[C@H](C(=O)OC)C1)C1CC1. The Morgan fingerprint density at radius 1 is 1.16 bits per heavy atom. The van der Waals surface area contributed by atoms with E-state index >= 15 is 0 Å². The van der Waals surface area contributed by atoms with Gasteiger partial charge in [0.15, 0.2) is 22.5 Å². The summed E-state index contributed by atoms with van der Waals surface area (Å²) in [7, 11) is 2.51. The van der Waals surface area contributed by atoms with Crippen LogP contribution in [0.25, 0.3) is 0 Å². The Morgan fingerprint density at radius 2 is 1.93 bits per heavy atom. The lowest BCUT2D eigenvalue weighted by atomic mass is 9.91. The van der Waals surface area contributed by atoms with Crippen LogP contribution in [0, 0.1) is 18.6 Å². The number of rotatable bonds is 8. The van der Waals surface area contributed by atoms with Gasteiger partial charge in [-0.25, -0.2) is 23.4 Å². The lowest BCUT2D eigenvalue weighted by Crippen LogP contribution is -2.61. The van der Waals surface area contributed by atoms with Gasteiger partial charge in [-0.05, 0) is 43.9 Å². The molecule has 1 saturated carbocycles. The number of aliphatic imine (C=N–C) groups is 1. The van der Waals surface area contributed by atoms with Crippen LogP contribution in [0.5, 0.6) is 0 Å². The molecule has 0 radical (unpaired) electrons. The summed E-state index contributed by atoms with van der Waals surface area (Å²) in [6.45, 7) is 4.77. The summed E-state index contributed by atoms with van der Waals surface area (Å²) in [4.78, 5) is 54.1. The molecule has 0 spiro atoms. The van der Waals surface area contributed by atoms with Gasteiger partial charge in [0.1, 0.15) is 12.1 Å².